The van der Waals surface area contributed by atoms with Crippen LogP contribution in [0.3, 0.4) is 0 Å². The average Bonchev–Trinajstić information content (AvgIpc) is 2.67. The van der Waals surface area contributed by atoms with Crippen LogP contribution in [0.1, 0.15) is 34.1 Å². The van der Waals surface area contributed by atoms with Gasteiger partial charge in [0.1, 0.15) is 6.61 Å². The lowest BCUT2D eigenvalue weighted by Gasteiger charge is -2.38. The van der Waals surface area contributed by atoms with Crippen LogP contribution in [0.25, 0.3) is 0 Å². The number of nitrogens with zero attached hydrogens (tertiary/aromatic N) is 1. The molecule has 0 aromatic heterocycles. The maximum atomic E-state index is 14.4. The number of amides is 1. The average molecular weight is 351 g/mol. The van der Waals surface area contributed by atoms with Crippen LogP contribution in [0.15, 0.2) is 18.2 Å². The second-order valence-corrected chi connectivity index (χ2v) is 7.51. The minimum absolute atomic E-state index is 0.0949. The van der Waals surface area contributed by atoms with Gasteiger partial charge in [0, 0.05) is 6.54 Å². The van der Waals surface area contributed by atoms with Crippen molar-refractivity contribution in [3.05, 3.63) is 24.0 Å². The van der Waals surface area contributed by atoms with Gasteiger partial charge < -0.3 is 24.1 Å². The number of halogens is 1. The standard InChI is InChI=1S/C17H23BFNO5/c1-16(2)17(3,4)25-18(24-16)11-5-6-14(13(19)9-11)23-10-12-7-8-20(12)15(21)22/h5-6,9,12H,7-8,10H2,1-4H3,(H,21,22)/t12-/m0/s1. The van der Waals surface area contributed by atoms with E-state index in [9.17, 15) is 9.18 Å². The maximum absolute atomic E-state index is 14.4. The van der Waals surface area contributed by atoms with E-state index >= 15 is 0 Å². The second kappa shape index (κ2) is 6.18. The third-order valence-corrected chi connectivity index (χ3v) is 5.30. The molecule has 0 aliphatic carbocycles. The van der Waals surface area contributed by atoms with Crippen molar-refractivity contribution in [2.24, 2.45) is 0 Å². The summed E-state index contributed by atoms with van der Waals surface area (Å²) in [5.41, 5.74) is -0.402. The number of likely N-dealkylation sites (tertiary alicyclic amines) is 1. The molecule has 2 heterocycles. The molecule has 136 valence electrons. The lowest BCUT2D eigenvalue weighted by molar-refractivity contribution is 0.00578. The van der Waals surface area contributed by atoms with Crippen LogP contribution in [0, 0.1) is 5.82 Å². The van der Waals surface area contributed by atoms with Crippen molar-refractivity contribution in [3.63, 3.8) is 0 Å². The highest BCUT2D eigenvalue weighted by Crippen LogP contribution is 2.36. The molecule has 6 nitrogen and oxygen atoms in total. The fourth-order valence-corrected chi connectivity index (χ4v) is 2.81. The summed E-state index contributed by atoms with van der Waals surface area (Å²) in [4.78, 5) is 12.2. The van der Waals surface area contributed by atoms with Crippen LogP contribution in [0.2, 0.25) is 0 Å². The second-order valence-electron chi connectivity index (χ2n) is 7.51. The SMILES string of the molecule is CC1(C)OB(c2ccc(OC[C@@H]3CCN3C(=O)O)c(F)c2)OC1(C)C. The Hall–Kier alpha value is -1.80. The normalized spacial score (nSPS) is 24.1. The van der Waals surface area contributed by atoms with Gasteiger partial charge >= 0.3 is 13.2 Å². The zero-order chi connectivity index (χ0) is 18.4. The molecule has 8 heteroatoms. The number of rotatable bonds is 4. The first-order valence-electron chi connectivity index (χ1n) is 8.38. The topological polar surface area (TPSA) is 68.2 Å². The van der Waals surface area contributed by atoms with Gasteiger partial charge in [-0.1, -0.05) is 6.07 Å². The van der Waals surface area contributed by atoms with E-state index in [1.165, 1.54) is 17.0 Å². The largest absolute Gasteiger partial charge is 0.494 e. The van der Waals surface area contributed by atoms with Crippen LogP contribution in [0.4, 0.5) is 9.18 Å². The lowest BCUT2D eigenvalue weighted by atomic mass is 9.79. The zero-order valence-electron chi connectivity index (χ0n) is 14.9. The van der Waals surface area contributed by atoms with Gasteiger partial charge in [-0.05, 0) is 51.7 Å². The molecule has 0 saturated carbocycles. The van der Waals surface area contributed by atoms with E-state index in [-0.39, 0.29) is 18.4 Å². The molecule has 0 bridgehead atoms. The Morgan fingerprint density at radius 3 is 2.48 bits per heavy atom. The predicted molar refractivity (Wildman–Crippen MR) is 90.7 cm³/mol. The summed E-state index contributed by atoms with van der Waals surface area (Å²) in [7, 11) is -0.636. The molecule has 0 radical (unpaired) electrons. The number of carboxylic acid groups (broad SMARTS) is 1. The van der Waals surface area contributed by atoms with Gasteiger partial charge in [0.05, 0.1) is 17.2 Å². The van der Waals surface area contributed by atoms with Crippen molar-refractivity contribution < 1.29 is 28.3 Å². The molecule has 1 N–H and O–H groups in total. The molecule has 0 spiro atoms. The van der Waals surface area contributed by atoms with Gasteiger partial charge in [-0.3, -0.25) is 0 Å². The third-order valence-electron chi connectivity index (χ3n) is 5.30. The smallest absolute Gasteiger partial charge is 0.488 e. The number of ether oxygens (including phenoxy) is 1. The molecular formula is C17H23BFNO5. The van der Waals surface area contributed by atoms with Crippen LogP contribution in [0.5, 0.6) is 5.75 Å². The Morgan fingerprint density at radius 2 is 2.00 bits per heavy atom. The van der Waals surface area contributed by atoms with Gasteiger partial charge in [-0.25, -0.2) is 9.18 Å². The van der Waals surface area contributed by atoms with Crippen molar-refractivity contribution in [1.82, 2.24) is 4.90 Å². The molecular weight excluding hydrogens is 328 g/mol. The highest BCUT2D eigenvalue weighted by molar-refractivity contribution is 6.62. The number of benzene rings is 1. The Bertz CT molecular complexity index is 665. The van der Waals surface area contributed by atoms with Gasteiger partial charge in [0.2, 0.25) is 0 Å². The summed E-state index contributed by atoms with van der Waals surface area (Å²) in [5, 5.41) is 8.97. The molecule has 2 aliphatic heterocycles. The molecule has 0 unspecified atom stereocenters. The van der Waals surface area contributed by atoms with E-state index in [1.807, 2.05) is 27.7 Å². The van der Waals surface area contributed by atoms with Crippen LogP contribution < -0.4 is 10.2 Å². The molecule has 1 aromatic rings. The number of carbonyl (C=O) groups is 1. The number of hydrogen-bond donors (Lipinski definition) is 1. The molecule has 1 amide bonds. The Labute approximate surface area is 147 Å². The lowest BCUT2D eigenvalue weighted by Crippen LogP contribution is -2.53. The highest BCUT2D eigenvalue weighted by atomic mass is 19.1. The monoisotopic (exact) mass is 351 g/mol. The van der Waals surface area contributed by atoms with Gasteiger partial charge in [-0.2, -0.15) is 0 Å². The molecule has 25 heavy (non-hydrogen) atoms. The molecule has 2 fully saturated rings. The summed E-state index contributed by atoms with van der Waals surface area (Å²) in [6.45, 7) is 8.38. The summed E-state index contributed by atoms with van der Waals surface area (Å²) >= 11 is 0. The molecule has 2 aliphatic rings. The molecule has 1 atom stereocenters. The van der Waals surface area contributed by atoms with Crippen molar-refractivity contribution in [3.8, 4) is 5.75 Å². The summed E-state index contributed by atoms with van der Waals surface area (Å²) in [6.07, 6.45) is -0.253. The predicted octanol–water partition coefficient (Wildman–Crippen LogP) is 2.26. The number of hydrogen-bond acceptors (Lipinski definition) is 4. The summed E-state index contributed by atoms with van der Waals surface area (Å²) in [5.74, 6) is -0.425. The van der Waals surface area contributed by atoms with Crippen molar-refractivity contribution in [1.29, 1.82) is 0 Å². The van der Waals surface area contributed by atoms with Crippen LogP contribution in [-0.4, -0.2) is 53.6 Å². The van der Waals surface area contributed by atoms with E-state index in [1.54, 1.807) is 6.07 Å². The Balaban J connectivity index is 1.65. The zero-order valence-corrected chi connectivity index (χ0v) is 14.9. The summed E-state index contributed by atoms with van der Waals surface area (Å²) in [6, 6.07) is 4.35. The fourth-order valence-electron chi connectivity index (χ4n) is 2.81. The van der Waals surface area contributed by atoms with E-state index in [2.05, 4.69) is 0 Å². The van der Waals surface area contributed by atoms with Crippen LogP contribution >= 0.6 is 0 Å². The fraction of sp³-hybridized carbons (Fsp3) is 0.588. The van der Waals surface area contributed by atoms with Gasteiger partial charge in [0.25, 0.3) is 0 Å². The first-order chi connectivity index (χ1) is 11.6. The highest BCUT2D eigenvalue weighted by Gasteiger charge is 2.51. The quantitative estimate of drug-likeness (QED) is 0.843. The van der Waals surface area contributed by atoms with E-state index < -0.39 is 30.2 Å². The summed E-state index contributed by atoms with van der Waals surface area (Å²) < 4.78 is 31.6. The molecule has 2 saturated heterocycles. The Kier molecular flexibility index (Phi) is 4.45. The van der Waals surface area contributed by atoms with E-state index in [0.717, 1.165) is 6.42 Å². The van der Waals surface area contributed by atoms with Crippen molar-refractivity contribution in [2.75, 3.05) is 13.2 Å². The van der Waals surface area contributed by atoms with E-state index in [4.69, 9.17) is 19.2 Å². The first-order valence-corrected chi connectivity index (χ1v) is 8.38. The Morgan fingerprint density at radius 1 is 1.36 bits per heavy atom. The minimum Gasteiger partial charge on any atom is -0.488 e. The van der Waals surface area contributed by atoms with Gasteiger partial charge in [-0.15, -0.1) is 0 Å². The van der Waals surface area contributed by atoms with Gasteiger partial charge in [0.15, 0.2) is 11.6 Å². The van der Waals surface area contributed by atoms with E-state index in [0.29, 0.717) is 12.0 Å². The molecule has 3 rings (SSSR count). The maximum Gasteiger partial charge on any atom is 0.494 e. The minimum atomic E-state index is -0.976. The molecule has 1 aromatic carbocycles. The third kappa shape index (κ3) is 3.33. The van der Waals surface area contributed by atoms with Crippen molar-refractivity contribution in [2.45, 2.75) is 51.4 Å². The first kappa shape index (κ1) is 18.0. The van der Waals surface area contributed by atoms with Crippen molar-refractivity contribution >= 4 is 18.7 Å². The van der Waals surface area contributed by atoms with Crippen LogP contribution in [-0.2, 0) is 9.31 Å².